The molecular weight excluding hydrogens is 366 g/mol. The maximum atomic E-state index is 12.1. The summed E-state index contributed by atoms with van der Waals surface area (Å²) in [6.07, 6.45) is 3.50. The van der Waals surface area contributed by atoms with Crippen LogP contribution >= 0.6 is 11.3 Å². The molecule has 4 rings (SSSR count). The number of nitrogens with zero attached hydrogens (tertiary/aromatic N) is 3. The molecule has 0 aliphatic carbocycles. The Kier molecular flexibility index (Phi) is 4.55. The summed E-state index contributed by atoms with van der Waals surface area (Å²) < 4.78 is 0. The second kappa shape index (κ2) is 7.16. The second-order valence-electron chi connectivity index (χ2n) is 6.18. The number of carbonyl (C=O) groups excluding carboxylic acids is 1. The predicted octanol–water partition coefficient (Wildman–Crippen LogP) is 2.37. The molecule has 1 aromatic carbocycles. The standard InChI is InChI=1S/C17H17N7O2S/c1-9-11(8-18-22-9)15-23-24-17(27-15)21-14(25)4-2-3-10-5-6-12-13(7-10)20-16(26)19-12/h5-8H,2-4H2,1H3,(H,18,22)(H2,19,20,26)(H,21,24,25). The van der Waals surface area contributed by atoms with Gasteiger partial charge in [-0.15, -0.1) is 10.2 Å². The molecule has 10 heteroatoms. The van der Waals surface area contributed by atoms with Crippen LogP contribution in [-0.2, 0) is 11.2 Å². The van der Waals surface area contributed by atoms with Crippen molar-refractivity contribution in [3.8, 4) is 10.6 Å². The fraction of sp³-hybridized carbons (Fsp3) is 0.235. The van der Waals surface area contributed by atoms with E-state index in [4.69, 9.17) is 0 Å². The van der Waals surface area contributed by atoms with Gasteiger partial charge in [-0.05, 0) is 37.5 Å². The van der Waals surface area contributed by atoms with E-state index in [1.807, 2.05) is 25.1 Å². The van der Waals surface area contributed by atoms with Crippen molar-refractivity contribution >= 4 is 33.4 Å². The third-order valence-electron chi connectivity index (χ3n) is 4.18. The van der Waals surface area contributed by atoms with Crippen molar-refractivity contribution in [2.75, 3.05) is 5.32 Å². The number of imidazole rings is 1. The zero-order chi connectivity index (χ0) is 18.8. The Balaban J connectivity index is 1.31. The Morgan fingerprint density at radius 3 is 2.89 bits per heavy atom. The van der Waals surface area contributed by atoms with E-state index in [0.717, 1.165) is 34.3 Å². The maximum absolute atomic E-state index is 12.1. The Morgan fingerprint density at radius 2 is 2.07 bits per heavy atom. The van der Waals surface area contributed by atoms with Crippen LogP contribution in [0.1, 0.15) is 24.1 Å². The van der Waals surface area contributed by atoms with Crippen LogP contribution in [0.5, 0.6) is 0 Å². The number of aryl methyl sites for hydroxylation is 2. The van der Waals surface area contributed by atoms with Gasteiger partial charge in [0.15, 0.2) is 5.01 Å². The topological polar surface area (TPSA) is 132 Å². The average molecular weight is 383 g/mol. The summed E-state index contributed by atoms with van der Waals surface area (Å²) in [6.45, 7) is 1.91. The maximum Gasteiger partial charge on any atom is 0.323 e. The number of fused-ring (bicyclic) bond motifs is 1. The van der Waals surface area contributed by atoms with E-state index in [0.29, 0.717) is 23.0 Å². The molecule has 0 aliphatic heterocycles. The summed E-state index contributed by atoms with van der Waals surface area (Å²) in [4.78, 5) is 28.9. The van der Waals surface area contributed by atoms with Crippen molar-refractivity contribution in [3.63, 3.8) is 0 Å². The molecule has 27 heavy (non-hydrogen) atoms. The number of benzene rings is 1. The molecule has 0 radical (unpaired) electrons. The number of aromatic nitrogens is 6. The van der Waals surface area contributed by atoms with E-state index >= 15 is 0 Å². The van der Waals surface area contributed by atoms with Crippen LogP contribution < -0.4 is 11.0 Å². The Labute approximate surface area is 157 Å². The van der Waals surface area contributed by atoms with E-state index in [1.165, 1.54) is 11.3 Å². The van der Waals surface area contributed by atoms with Gasteiger partial charge in [0.2, 0.25) is 11.0 Å². The molecule has 0 unspecified atom stereocenters. The molecule has 4 aromatic rings. The largest absolute Gasteiger partial charge is 0.323 e. The summed E-state index contributed by atoms with van der Waals surface area (Å²) in [5, 5.41) is 18.9. The number of rotatable bonds is 6. The number of carbonyl (C=O) groups is 1. The number of anilines is 1. The molecule has 138 valence electrons. The molecule has 0 fully saturated rings. The Morgan fingerprint density at radius 1 is 1.22 bits per heavy atom. The fourth-order valence-corrected chi connectivity index (χ4v) is 3.65. The number of H-pyrrole nitrogens is 3. The van der Waals surface area contributed by atoms with Gasteiger partial charge in [-0.25, -0.2) is 4.79 Å². The van der Waals surface area contributed by atoms with Crippen LogP contribution in [0.15, 0.2) is 29.2 Å². The summed E-state index contributed by atoms with van der Waals surface area (Å²) in [5.41, 5.74) is 4.19. The molecule has 0 aliphatic rings. The van der Waals surface area contributed by atoms with E-state index in [-0.39, 0.29) is 11.6 Å². The number of hydrogen-bond donors (Lipinski definition) is 4. The van der Waals surface area contributed by atoms with Gasteiger partial charge in [0.25, 0.3) is 0 Å². The lowest BCUT2D eigenvalue weighted by molar-refractivity contribution is -0.116. The van der Waals surface area contributed by atoms with Crippen molar-refractivity contribution in [2.45, 2.75) is 26.2 Å². The summed E-state index contributed by atoms with van der Waals surface area (Å²) in [6, 6.07) is 5.74. The van der Waals surface area contributed by atoms with Gasteiger partial charge < -0.3 is 15.3 Å². The minimum absolute atomic E-state index is 0.0993. The van der Waals surface area contributed by atoms with E-state index < -0.39 is 0 Å². The van der Waals surface area contributed by atoms with Crippen LogP contribution in [0.2, 0.25) is 0 Å². The molecule has 3 aromatic heterocycles. The zero-order valence-corrected chi connectivity index (χ0v) is 15.3. The molecule has 1 amide bonds. The highest BCUT2D eigenvalue weighted by atomic mass is 32.1. The van der Waals surface area contributed by atoms with Gasteiger partial charge in [0.1, 0.15) is 0 Å². The monoisotopic (exact) mass is 383 g/mol. The summed E-state index contributed by atoms with van der Waals surface area (Å²) in [5.74, 6) is -0.0993. The highest BCUT2D eigenvalue weighted by Gasteiger charge is 2.12. The molecule has 0 saturated carbocycles. The van der Waals surface area contributed by atoms with Gasteiger partial charge in [-0.3, -0.25) is 9.89 Å². The van der Waals surface area contributed by atoms with Crippen molar-refractivity contribution in [2.24, 2.45) is 0 Å². The minimum atomic E-state index is -0.219. The Bertz CT molecular complexity index is 1150. The van der Waals surface area contributed by atoms with Crippen molar-refractivity contribution in [3.05, 3.63) is 46.1 Å². The molecule has 0 saturated heterocycles. The SMILES string of the molecule is Cc1[nH]ncc1-c1nnc(NC(=O)CCCc2ccc3[nH]c(=O)[nH]c3c2)s1. The molecular formula is C17H17N7O2S. The second-order valence-corrected chi connectivity index (χ2v) is 7.16. The van der Waals surface area contributed by atoms with Crippen molar-refractivity contribution in [1.29, 1.82) is 0 Å². The van der Waals surface area contributed by atoms with Crippen molar-refractivity contribution in [1.82, 2.24) is 30.4 Å². The number of nitrogens with one attached hydrogen (secondary N) is 4. The van der Waals surface area contributed by atoms with Gasteiger partial charge in [0.05, 0.1) is 22.8 Å². The highest BCUT2D eigenvalue weighted by molar-refractivity contribution is 7.18. The van der Waals surface area contributed by atoms with Crippen LogP contribution in [0, 0.1) is 6.92 Å². The van der Waals surface area contributed by atoms with Crippen LogP contribution in [0.4, 0.5) is 5.13 Å². The van der Waals surface area contributed by atoms with Gasteiger partial charge in [-0.2, -0.15) is 5.10 Å². The highest BCUT2D eigenvalue weighted by Crippen LogP contribution is 2.27. The van der Waals surface area contributed by atoms with Gasteiger partial charge in [-0.1, -0.05) is 17.4 Å². The number of amides is 1. The quantitative estimate of drug-likeness (QED) is 0.406. The van der Waals surface area contributed by atoms with Crippen molar-refractivity contribution < 1.29 is 4.79 Å². The molecule has 3 heterocycles. The first-order valence-electron chi connectivity index (χ1n) is 8.43. The molecule has 0 spiro atoms. The lowest BCUT2D eigenvalue weighted by Crippen LogP contribution is -2.11. The predicted molar refractivity (Wildman–Crippen MR) is 103 cm³/mol. The summed E-state index contributed by atoms with van der Waals surface area (Å²) in [7, 11) is 0. The molecule has 4 N–H and O–H groups in total. The van der Waals surface area contributed by atoms with E-state index in [1.54, 1.807) is 6.20 Å². The smallest absolute Gasteiger partial charge is 0.306 e. The first kappa shape index (κ1) is 17.2. The first-order chi connectivity index (χ1) is 13.1. The number of hydrogen-bond acceptors (Lipinski definition) is 6. The summed E-state index contributed by atoms with van der Waals surface area (Å²) >= 11 is 1.32. The third kappa shape index (κ3) is 3.80. The lowest BCUT2D eigenvalue weighted by atomic mass is 10.1. The Hall–Kier alpha value is -3.27. The minimum Gasteiger partial charge on any atom is -0.306 e. The third-order valence-corrected chi connectivity index (χ3v) is 5.05. The van der Waals surface area contributed by atoms with Crippen LogP contribution in [0.25, 0.3) is 21.6 Å². The average Bonchev–Trinajstić information content (AvgIpc) is 3.33. The molecule has 9 nitrogen and oxygen atoms in total. The zero-order valence-electron chi connectivity index (χ0n) is 14.5. The normalized spacial score (nSPS) is 11.1. The number of aromatic amines is 3. The van der Waals surface area contributed by atoms with Crippen LogP contribution in [0.3, 0.4) is 0 Å². The van der Waals surface area contributed by atoms with E-state index in [2.05, 4.69) is 35.7 Å². The van der Waals surface area contributed by atoms with Crippen LogP contribution in [-0.4, -0.2) is 36.3 Å². The molecule has 0 bridgehead atoms. The lowest BCUT2D eigenvalue weighted by Gasteiger charge is -2.02. The van der Waals surface area contributed by atoms with E-state index in [9.17, 15) is 9.59 Å². The first-order valence-corrected chi connectivity index (χ1v) is 9.25. The van der Waals surface area contributed by atoms with Gasteiger partial charge in [0, 0.05) is 12.1 Å². The van der Waals surface area contributed by atoms with Gasteiger partial charge >= 0.3 is 5.69 Å². The molecule has 0 atom stereocenters. The fourth-order valence-electron chi connectivity index (χ4n) is 2.82.